The highest BCUT2D eigenvalue weighted by atomic mass is 16.7. The summed E-state index contributed by atoms with van der Waals surface area (Å²) in [6, 6.07) is 8.57. The molecule has 7 nitrogen and oxygen atoms in total. The zero-order valence-electron chi connectivity index (χ0n) is 26.2. The second-order valence-electron chi connectivity index (χ2n) is 12.8. The van der Waals surface area contributed by atoms with Gasteiger partial charge in [-0.2, -0.15) is 4.58 Å². The van der Waals surface area contributed by atoms with Crippen molar-refractivity contribution in [2.75, 3.05) is 18.5 Å². The van der Waals surface area contributed by atoms with Crippen molar-refractivity contribution in [1.82, 2.24) is 5.06 Å². The Kier molecular flexibility index (Phi) is 8.72. The van der Waals surface area contributed by atoms with Crippen LogP contribution in [0.4, 0.5) is 5.69 Å². The lowest BCUT2D eigenvalue weighted by Gasteiger charge is -2.27. The van der Waals surface area contributed by atoms with Crippen molar-refractivity contribution in [2.45, 2.75) is 84.5 Å². The standard InChI is InChI=1S/C36H44N3O4/c1-35(2)26-16-11-13-18-28(26)37(5)30(35)20-8-6-9-21-31-36(3,4)27-17-12-14-19-29(27)38(31)25-15-7-10-22-34(42)43-39-32(40)23-24-33(39)41/h6,8-9,12,14,16-21H,7,10-11,13,15,22-25H2,1-5H3/q+1. The van der Waals surface area contributed by atoms with E-state index in [1.165, 1.54) is 33.9 Å². The lowest BCUT2D eigenvalue weighted by molar-refractivity contribution is -0.434. The van der Waals surface area contributed by atoms with E-state index in [4.69, 9.17) is 4.84 Å². The molecule has 43 heavy (non-hydrogen) atoms. The van der Waals surface area contributed by atoms with Crippen molar-refractivity contribution in [3.63, 3.8) is 0 Å². The van der Waals surface area contributed by atoms with E-state index in [0.29, 0.717) is 11.5 Å². The number of hydrogen-bond acceptors (Lipinski definition) is 5. The summed E-state index contributed by atoms with van der Waals surface area (Å²) in [5.41, 5.74) is 7.72. The summed E-state index contributed by atoms with van der Waals surface area (Å²) in [5, 5.41) is 0.623. The molecule has 2 amide bonds. The number of imide groups is 1. The third-order valence-corrected chi connectivity index (χ3v) is 9.16. The molecule has 4 aliphatic rings. The van der Waals surface area contributed by atoms with Crippen LogP contribution in [0.1, 0.15) is 84.6 Å². The van der Waals surface area contributed by atoms with Gasteiger partial charge in [-0.3, -0.25) is 9.59 Å². The Morgan fingerprint density at radius 2 is 1.65 bits per heavy atom. The molecule has 0 aromatic heterocycles. The normalized spacial score (nSPS) is 21.7. The fraction of sp³-hybridized carbons (Fsp3) is 0.444. The molecule has 1 aromatic rings. The van der Waals surface area contributed by atoms with Crippen LogP contribution >= 0.6 is 0 Å². The molecule has 5 rings (SSSR count). The minimum Gasteiger partial charge on any atom is -0.344 e. The summed E-state index contributed by atoms with van der Waals surface area (Å²) in [6.45, 7) is 9.98. The summed E-state index contributed by atoms with van der Waals surface area (Å²) in [7, 11) is 2.17. The van der Waals surface area contributed by atoms with Gasteiger partial charge in [0, 0.05) is 54.3 Å². The largest absolute Gasteiger partial charge is 0.344 e. The number of allylic oxidation sites excluding steroid dienone is 9. The lowest BCUT2D eigenvalue weighted by atomic mass is 9.79. The summed E-state index contributed by atoms with van der Waals surface area (Å²) in [4.78, 5) is 42.9. The van der Waals surface area contributed by atoms with E-state index in [2.05, 4.69) is 111 Å². The third-order valence-electron chi connectivity index (χ3n) is 9.16. The molecular weight excluding hydrogens is 538 g/mol. The molecule has 226 valence electrons. The number of benzene rings is 1. The van der Waals surface area contributed by atoms with Crippen molar-refractivity contribution in [3.05, 3.63) is 89.3 Å². The average Bonchev–Trinajstić information content (AvgIpc) is 3.48. The zero-order chi connectivity index (χ0) is 30.8. The summed E-state index contributed by atoms with van der Waals surface area (Å²) < 4.78 is 2.33. The van der Waals surface area contributed by atoms with Crippen LogP contribution in [0.3, 0.4) is 0 Å². The molecular formula is C36H44N3O4+. The smallest absolute Gasteiger partial charge is 0.333 e. The van der Waals surface area contributed by atoms with Crippen LogP contribution in [-0.4, -0.2) is 46.7 Å². The number of fused-ring (bicyclic) bond motifs is 2. The van der Waals surface area contributed by atoms with Gasteiger partial charge in [-0.05, 0) is 63.3 Å². The van der Waals surface area contributed by atoms with E-state index >= 15 is 0 Å². The fourth-order valence-corrected chi connectivity index (χ4v) is 6.82. The Morgan fingerprint density at radius 1 is 0.930 bits per heavy atom. The molecule has 0 spiro atoms. The van der Waals surface area contributed by atoms with E-state index in [-0.39, 0.29) is 30.1 Å². The van der Waals surface area contributed by atoms with Gasteiger partial charge in [0.15, 0.2) is 5.71 Å². The van der Waals surface area contributed by atoms with Gasteiger partial charge in [-0.15, -0.1) is 5.06 Å². The second kappa shape index (κ2) is 12.3. The maximum absolute atomic E-state index is 12.2. The monoisotopic (exact) mass is 582 g/mol. The van der Waals surface area contributed by atoms with Gasteiger partial charge in [-0.25, -0.2) is 4.79 Å². The number of nitrogens with zero attached hydrogens (tertiary/aromatic N) is 3. The number of unbranched alkanes of at least 4 members (excludes halogenated alkanes) is 2. The van der Waals surface area contributed by atoms with Crippen LogP contribution in [0.5, 0.6) is 0 Å². The quantitative estimate of drug-likeness (QED) is 0.133. The van der Waals surface area contributed by atoms with Gasteiger partial charge in [-0.1, -0.05) is 62.8 Å². The van der Waals surface area contributed by atoms with Gasteiger partial charge in [0.1, 0.15) is 7.05 Å². The number of hydroxylamine groups is 2. The number of amides is 2. The molecule has 0 N–H and O–H groups in total. The van der Waals surface area contributed by atoms with Crippen molar-refractivity contribution in [2.24, 2.45) is 5.41 Å². The molecule has 0 saturated carbocycles. The molecule has 1 aromatic carbocycles. The Morgan fingerprint density at radius 3 is 2.40 bits per heavy atom. The van der Waals surface area contributed by atoms with Crippen molar-refractivity contribution in [3.8, 4) is 0 Å². The summed E-state index contributed by atoms with van der Waals surface area (Å²) >= 11 is 0. The molecule has 0 atom stereocenters. The van der Waals surface area contributed by atoms with E-state index < -0.39 is 17.8 Å². The number of hydrogen-bond donors (Lipinski definition) is 0. The molecule has 0 radical (unpaired) electrons. The Balaban J connectivity index is 1.22. The van der Waals surface area contributed by atoms with Gasteiger partial charge < -0.3 is 9.74 Å². The van der Waals surface area contributed by atoms with Crippen LogP contribution in [0.15, 0.2) is 83.8 Å². The van der Waals surface area contributed by atoms with Gasteiger partial charge >= 0.3 is 5.97 Å². The van der Waals surface area contributed by atoms with Gasteiger partial charge in [0.25, 0.3) is 11.8 Å². The molecule has 3 heterocycles. The maximum Gasteiger partial charge on any atom is 0.333 e. The predicted octanol–water partition coefficient (Wildman–Crippen LogP) is 6.68. The lowest BCUT2D eigenvalue weighted by Crippen LogP contribution is -2.32. The minimum atomic E-state index is -0.535. The SMILES string of the molecule is C[N+]1=C(/C=C/C=C/C=C2/N(CCCCCC(=O)ON3C(=O)CCC3=O)c3ccccc3C2(C)C)C(C)(C)C2=CCCC=C21. The van der Waals surface area contributed by atoms with E-state index in [0.717, 1.165) is 32.2 Å². The molecule has 7 heteroatoms. The first-order chi connectivity index (χ1) is 20.5. The van der Waals surface area contributed by atoms with Crippen LogP contribution in [0.25, 0.3) is 0 Å². The number of rotatable bonds is 10. The highest BCUT2D eigenvalue weighted by Gasteiger charge is 2.46. The Labute approximate surface area is 255 Å². The van der Waals surface area contributed by atoms with Crippen molar-refractivity contribution >= 4 is 29.2 Å². The number of carbonyl (C=O) groups is 3. The van der Waals surface area contributed by atoms with Crippen LogP contribution < -0.4 is 4.90 Å². The number of para-hydroxylation sites is 1. The molecule has 1 aliphatic carbocycles. The number of carbonyl (C=O) groups excluding carboxylic acids is 3. The summed E-state index contributed by atoms with van der Waals surface area (Å²) in [5.74, 6) is -1.43. The van der Waals surface area contributed by atoms with Crippen molar-refractivity contribution in [1.29, 1.82) is 0 Å². The predicted molar refractivity (Wildman–Crippen MR) is 169 cm³/mol. The number of anilines is 1. The number of likely N-dealkylation sites (N-methyl/N-ethyl adjacent to an activating group) is 1. The Bertz CT molecular complexity index is 1490. The fourth-order valence-electron chi connectivity index (χ4n) is 6.82. The van der Waals surface area contributed by atoms with Crippen LogP contribution in [-0.2, 0) is 24.6 Å². The average molecular weight is 583 g/mol. The minimum absolute atomic E-state index is 0.00450. The second-order valence-corrected chi connectivity index (χ2v) is 12.8. The van der Waals surface area contributed by atoms with Gasteiger partial charge in [0.05, 0.1) is 5.41 Å². The summed E-state index contributed by atoms with van der Waals surface area (Å²) in [6.07, 6.45) is 20.6. The third kappa shape index (κ3) is 5.95. The van der Waals surface area contributed by atoms with Crippen LogP contribution in [0.2, 0.25) is 0 Å². The van der Waals surface area contributed by atoms with Crippen molar-refractivity contribution < 1.29 is 23.8 Å². The van der Waals surface area contributed by atoms with Crippen LogP contribution in [0, 0.1) is 5.41 Å². The molecule has 1 fully saturated rings. The van der Waals surface area contributed by atoms with E-state index in [1.807, 2.05) is 0 Å². The Hall–Kier alpha value is -4.00. The molecule has 0 unspecified atom stereocenters. The zero-order valence-corrected chi connectivity index (χ0v) is 26.2. The first-order valence-corrected chi connectivity index (χ1v) is 15.5. The topological polar surface area (TPSA) is 69.9 Å². The molecule has 0 bridgehead atoms. The van der Waals surface area contributed by atoms with E-state index in [9.17, 15) is 14.4 Å². The first kappa shape index (κ1) is 30.5. The van der Waals surface area contributed by atoms with E-state index in [1.54, 1.807) is 0 Å². The molecule has 1 saturated heterocycles. The highest BCUT2D eigenvalue weighted by molar-refractivity contribution is 6.02. The highest BCUT2D eigenvalue weighted by Crippen LogP contribution is 2.47. The van der Waals surface area contributed by atoms with Gasteiger partial charge in [0.2, 0.25) is 5.70 Å². The first-order valence-electron chi connectivity index (χ1n) is 15.5. The molecule has 3 aliphatic heterocycles. The maximum atomic E-state index is 12.2.